The smallest absolute Gasteiger partial charge is 0.263 e. The lowest BCUT2D eigenvalue weighted by molar-refractivity contribution is 0.0629. The number of hydrogen-bond donors (Lipinski definition) is 1. The van der Waals surface area contributed by atoms with Crippen molar-refractivity contribution in [2.24, 2.45) is 5.92 Å². The summed E-state index contributed by atoms with van der Waals surface area (Å²) in [5.41, 5.74) is -0.295. The van der Waals surface area contributed by atoms with Crippen LogP contribution in [0.3, 0.4) is 0 Å². The number of ether oxygens (including phenoxy) is 1. The van der Waals surface area contributed by atoms with Crippen molar-refractivity contribution < 1.29 is 13.9 Å². The van der Waals surface area contributed by atoms with Crippen LogP contribution in [0.25, 0.3) is 0 Å². The number of aromatic amines is 1. The van der Waals surface area contributed by atoms with E-state index in [-0.39, 0.29) is 28.7 Å². The van der Waals surface area contributed by atoms with E-state index in [9.17, 15) is 14.0 Å². The average Bonchev–Trinajstić information content (AvgIpc) is 3.52. The lowest BCUT2D eigenvalue weighted by Gasteiger charge is -2.32. The van der Waals surface area contributed by atoms with Crippen LogP contribution in [0.4, 0.5) is 4.39 Å². The molecule has 2 fully saturated rings. The summed E-state index contributed by atoms with van der Waals surface area (Å²) in [4.78, 5) is 33.7. The summed E-state index contributed by atoms with van der Waals surface area (Å²) in [6.07, 6.45) is 5.18. The Morgan fingerprint density at radius 3 is 2.85 bits per heavy atom. The number of aromatic nitrogens is 2. The molecule has 2 heterocycles. The van der Waals surface area contributed by atoms with Gasteiger partial charge in [0.15, 0.2) is 11.6 Å². The number of likely N-dealkylation sites (tertiary alicyclic amines) is 1. The molecule has 1 aliphatic carbocycles. The predicted octanol–water partition coefficient (Wildman–Crippen LogP) is 2.72. The molecular formula is C20H22FN3O3. The van der Waals surface area contributed by atoms with Gasteiger partial charge in [-0.15, -0.1) is 0 Å². The Morgan fingerprint density at radius 1 is 1.30 bits per heavy atom. The molecule has 1 unspecified atom stereocenters. The molecular weight excluding hydrogens is 349 g/mol. The van der Waals surface area contributed by atoms with E-state index in [1.807, 2.05) is 0 Å². The molecule has 1 aromatic heterocycles. The van der Waals surface area contributed by atoms with Gasteiger partial charge in [0.2, 0.25) is 0 Å². The number of benzene rings is 1. The summed E-state index contributed by atoms with van der Waals surface area (Å²) in [5, 5.41) is 0. The first kappa shape index (κ1) is 17.7. The first-order valence-electron chi connectivity index (χ1n) is 9.37. The van der Waals surface area contributed by atoms with Gasteiger partial charge in [0, 0.05) is 31.1 Å². The third-order valence-electron chi connectivity index (χ3n) is 5.13. The van der Waals surface area contributed by atoms with Crippen LogP contribution in [0, 0.1) is 11.7 Å². The molecule has 4 rings (SSSR count). The maximum Gasteiger partial charge on any atom is 0.263 e. The van der Waals surface area contributed by atoms with Gasteiger partial charge in [0.05, 0.1) is 6.61 Å². The molecule has 0 spiro atoms. The van der Waals surface area contributed by atoms with Crippen molar-refractivity contribution in [1.82, 2.24) is 14.9 Å². The molecule has 142 valence electrons. The molecule has 0 radical (unpaired) electrons. The zero-order chi connectivity index (χ0) is 18.8. The Morgan fingerprint density at radius 2 is 2.11 bits per heavy atom. The molecule has 1 N–H and O–H groups in total. The van der Waals surface area contributed by atoms with E-state index in [4.69, 9.17) is 4.74 Å². The third kappa shape index (κ3) is 4.02. The summed E-state index contributed by atoms with van der Waals surface area (Å²) in [5.74, 6) is 0.622. The summed E-state index contributed by atoms with van der Waals surface area (Å²) in [7, 11) is 0. The fraction of sp³-hybridized carbons (Fsp3) is 0.450. The van der Waals surface area contributed by atoms with Gasteiger partial charge in [-0.05, 0) is 37.8 Å². The van der Waals surface area contributed by atoms with Crippen LogP contribution in [0.5, 0.6) is 5.75 Å². The van der Waals surface area contributed by atoms with Crippen LogP contribution in [-0.4, -0.2) is 40.5 Å². The number of piperidine rings is 1. The van der Waals surface area contributed by atoms with Gasteiger partial charge in [-0.1, -0.05) is 12.1 Å². The number of amides is 1. The Bertz CT molecular complexity index is 894. The minimum atomic E-state index is -0.394. The zero-order valence-corrected chi connectivity index (χ0v) is 15.0. The van der Waals surface area contributed by atoms with Gasteiger partial charge >= 0.3 is 0 Å². The minimum Gasteiger partial charge on any atom is -0.490 e. The van der Waals surface area contributed by atoms with Crippen LogP contribution >= 0.6 is 0 Å². The van der Waals surface area contributed by atoms with E-state index in [2.05, 4.69) is 9.97 Å². The second kappa shape index (κ2) is 7.50. The molecule has 1 saturated heterocycles. The average molecular weight is 371 g/mol. The fourth-order valence-corrected chi connectivity index (χ4v) is 3.45. The number of rotatable bonds is 5. The van der Waals surface area contributed by atoms with Gasteiger partial charge in [-0.3, -0.25) is 9.59 Å². The molecule has 1 saturated carbocycles. The quantitative estimate of drug-likeness (QED) is 0.877. The number of para-hydroxylation sites is 1. The van der Waals surface area contributed by atoms with E-state index >= 15 is 0 Å². The van der Waals surface area contributed by atoms with Crippen LogP contribution in [0.2, 0.25) is 0 Å². The van der Waals surface area contributed by atoms with Crippen molar-refractivity contribution in [3.05, 3.63) is 58.0 Å². The lowest BCUT2D eigenvalue weighted by Crippen LogP contribution is -2.43. The Kier molecular flexibility index (Phi) is 4.92. The maximum absolute atomic E-state index is 13.7. The van der Waals surface area contributed by atoms with E-state index in [0.717, 1.165) is 25.7 Å². The fourth-order valence-electron chi connectivity index (χ4n) is 3.45. The van der Waals surface area contributed by atoms with Crippen LogP contribution < -0.4 is 10.3 Å². The van der Waals surface area contributed by atoms with Crippen molar-refractivity contribution in [2.45, 2.75) is 31.6 Å². The molecule has 2 aromatic rings. The largest absolute Gasteiger partial charge is 0.490 e. The Labute approximate surface area is 156 Å². The zero-order valence-electron chi connectivity index (χ0n) is 15.0. The Hall–Kier alpha value is -2.70. The minimum absolute atomic E-state index is 0.0788. The highest BCUT2D eigenvalue weighted by atomic mass is 19.1. The van der Waals surface area contributed by atoms with Gasteiger partial charge in [0.25, 0.3) is 11.5 Å². The normalized spacial score (nSPS) is 19.7. The molecule has 27 heavy (non-hydrogen) atoms. The van der Waals surface area contributed by atoms with Gasteiger partial charge in [-0.25, -0.2) is 9.37 Å². The monoisotopic (exact) mass is 371 g/mol. The van der Waals surface area contributed by atoms with Crippen molar-refractivity contribution >= 4 is 5.91 Å². The molecule has 1 amide bonds. The van der Waals surface area contributed by atoms with Gasteiger partial charge in [-0.2, -0.15) is 0 Å². The highest BCUT2D eigenvalue weighted by Gasteiger charge is 2.29. The topological polar surface area (TPSA) is 75.3 Å². The molecule has 6 nitrogen and oxygen atoms in total. The van der Waals surface area contributed by atoms with E-state index in [0.29, 0.717) is 31.4 Å². The second-order valence-electron chi connectivity index (χ2n) is 7.29. The van der Waals surface area contributed by atoms with Crippen LogP contribution in [0.15, 0.2) is 35.3 Å². The SMILES string of the molecule is O=C(c1cnc(C2CC2)[nH]c1=O)N1CCCC(COc2ccccc2F)C1. The highest BCUT2D eigenvalue weighted by Crippen LogP contribution is 2.37. The first-order valence-corrected chi connectivity index (χ1v) is 9.37. The van der Waals surface area contributed by atoms with E-state index in [1.165, 1.54) is 12.3 Å². The third-order valence-corrected chi connectivity index (χ3v) is 5.13. The van der Waals surface area contributed by atoms with Crippen molar-refractivity contribution in [2.75, 3.05) is 19.7 Å². The number of halogens is 1. The standard InChI is InChI=1S/C20H22FN3O3/c21-16-5-1-2-6-17(16)27-12-13-4-3-9-24(11-13)20(26)15-10-22-18(14-7-8-14)23-19(15)25/h1-2,5-6,10,13-14H,3-4,7-9,11-12H2,(H,22,23,25). The molecule has 7 heteroatoms. The molecule has 1 aliphatic heterocycles. The highest BCUT2D eigenvalue weighted by molar-refractivity contribution is 5.93. The number of hydrogen-bond acceptors (Lipinski definition) is 4. The summed E-state index contributed by atoms with van der Waals surface area (Å²) in [6, 6.07) is 6.29. The molecule has 0 bridgehead atoms. The maximum atomic E-state index is 13.7. The van der Waals surface area contributed by atoms with E-state index < -0.39 is 5.82 Å². The van der Waals surface area contributed by atoms with Crippen molar-refractivity contribution in [3.63, 3.8) is 0 Å². The first-order chi connectivity index (χ1) is 13.1. The second-order valence-corrected chi connectivity index (χ2v) is 7.29. The van der Waals surface area contributed by atoms with Gasteiger partial charge < -0.3 is 14.6 Å². The number of nitrogens with one attached hydrogen (secondary N) is 1. The summed E-state index contributed by atoms with van der Waals surface area (Å²) < 4.78 is 19.3. The number of nitrogens with zero attached hydrogens (tertiary/aromatic N) is 2. The number of H-pyrrole nitrogens is 1. The molecule has 2 aliphatic rings. The van der Waals surface area contributed by atoms with E-state index in [1.54, 1.807) is 23.1 Å². The summed E-state index contributed by atoms with van der Waals surface area (Å²) >= 11 is 0. The number of carbonyl (C=O) groups excluding carboxylic acids is 1. The number of carbonyl (C=O) groups is 1. The van der Waals surface area contributed by atoms with Gasteiger partial charge in [0.1, 0.15) is 11.4 Å². The van der Waals surface area contributed by atoms with Crippen LogP contribution in [-0.2, 0) is 0 Å². The molecule has 1 atom stereocenters. The Balaban J connectivity index is 1.39. The van der Waals surface area contributed by atoms with Crippen molar-refractivity contribution in [3.8, 4) is 5.75 Å². The molecule has 1 aromatic carbocycles. The van der Waals surface area contributed by atoms with Crippen molar-refractivity contribution in [1.29, 1.82) is 0 Å². The summed E-state index contributed by atoms with van der Waals surface area (Å²) in [6.45, 7) is 1.41. The lowest BCUT2D eigenvalue weighted by atomic mass is 9.98. The van der Waals surface area contributed by atoms with Crippen LogP contribution in [0.1, 0.15) is 47.8 Å². The predicted molar refractivity (Wildman–Crippen MR) is 97.4 cm³/mol.